The molecule has 2 aromatic rings. The molecule has 0 aromatic carbocycles. The van der Waals surface area contributed by atoms with Crippen LogP contribution in [0.1, 0.15) is 41.4 Å². The van der Waals surface area contributed by atoms with Gasteiger partial charge in [-0.25, -0.2) is 0 Å². The Morgan fingerprint density at radius 1 is 1.38 bits per heavy atom. The molecule has 0 spiro atoms. The van der Waals surface area contributed by atoms with Gasteiger partial charge < -0.3 is 14.3 Å². The van der Waals surface area contributed by atoms with E-state index in [-0.39, 0.29) is 11.8 Å². The van der Waals surface area contributed by atoms with Gasteiger partial charge >= 0.3 is 0 Å². The van der Waals surface area contributed by atoms with Gasteiger partial charge in [-0.05, 0) is 39.0 Å². The number of aryl methyl sites for hydroxylation is 3. The van der Waals surface area contributed by atoms with Crippen molar-refractivity contribution < 1.29 is 13.7 Å². The summed E-state index contributed by atoms with van der Waals surface area (Å²) in [5.74, 6) is 2.29. The van der Waals surface area contributed by atoms with E-state index < -0.39 is 0 Å². The van der Waals surface area contributed by atoms with Crippen LogP contribution in [0.3, 0.4) is 0 Å². The van der Waals surface area contributed by atoms with Crippen LogP contribution in [0.2, 0.25) is 0 Å². The van der Waals surface area contributed by atoms with E-state index >= 15 is 0 Å². The molecule has 0 saturated heterocycles. The standard InChI is InChI=1S/C16H20N2O3/c1-10(16-12(3)18-21-13(16)4)9-17-15(19)8-7-14-6-5-11(2)20-14/h5-8,10H,9H2,1-4H3,(H,17,19). The molecule has 0 aliphatic heterocycles. The minimum absolute atomic E-state index is 0.150. The molecule has 21 heavy (non-hydrogen) atoms. The Hall–Kier alpha value is -2.30. The minimum atomic E-state index is -0.150. The third-order valence-electron chi connectivity index (χ3n) is 3.32. The lowest BCUT2D eigenvalue weighted by Gasteiger charge is -2.11. The average molecular weight is 288 g/mol. The summed E-state index contributed by atoms with van der Waals surface area (Å²) >= 11 is 0. The van der Waals surface area contributed by atoms with E-state index in [1.54, 1.807) is 6.08 Å². The van der Waals surface area contributed by atoms with Crippen molar-refractivity contribution >= 4 is 12.0 Å². The Bertz CT molecular complexity index is 633. The molecule has 112 valence electrons. The predicted molar refractivity (Wildman–Crippen MR) is 79.9 cm³/mol. The van der Waals surface area contributed by atoms with Gasteiger partial charge in [0.05, 0.1) is 5.69 Å². The van der Waals surface area contributed by atoms with Gasteiger partial charge in [-0.3, -0.25) is 4.79 Å². The monoisotopic (exact) mass is 288 g/mol. The van der Waals surface area contributed by atoms with Gasteiger partial charge in [-0.2, -0.15) is 0 Å². The van der Waals surface area contributed by atoms with Crippen LogP contribution in [0.5, 0.6) is 0 Å². The zero-order valence-electron chi connectivity index (χ0n) is 12.8. The van der Waals surface area contributed by atoms with Crippen molar-refractivity contribution in [3.63, 3.8) is 0 Å². The third kappa shape index (κ3) is 3.84. The molecule has 5 heteroatoms. The molecule has 0 aliphatic carbocycles. The zero-order valence-corrected chi connectivity index (χ0v) is 12.8. The van der Waals surface area contributed by atoms with Crippen molar-refractivity contribution in [1.29, 1.82) is 0 Å². The fourth-order valence-corrected chi connectivity index (χ4v) is 2.31. The number of amides is 1. The number of carbonyl (C=O) groups is 1. The maximum Gasteiger partial charge on any atom is 0.244 e. The van der Waals surface area contributed by atoms with E-state index in [4.69, 9.17) is 8.94 Å². The molecule has 1 atom stereocenters. The van der Waals surface area contributed by atoms with E-state index in [1.165, 1.54) is 6.08 Å². The van der Waals surface area contributed by atoms with E-state index in [9.17, 15) is 4.79 Å². The van der Waals surface area contributed by atoms with Crippen molar-refractivity contribution in [2.75, 3.05) is 6.54 Å². The predicted octanol–water partition coefficient (Wildman–Crippen LogP) is 3.13. The normalized spacial score (nSPS) is 12.8. The second-order valence-corrected chi connectivity index (χ2v) is 5.17. The summed E-state index contributed by atoms with van der Waals surface area (Å²) in [5.41, 5.74) is 1.93. The summed E-state index contributed by atoms with van der Waals surface area (Å²) in [6, 6.07) is 3.68. The third-order valence-corrected chi connectivity index (χ3v) is 3.32. The topological polar surface area (TPSA) is 68.3 Å². The molecule has 1 amide bonds. The van der Waals surface area contributed by atoms with Crippen molar-refractivity contribution in [3.05, 3.63) is 46.7 Å². The Morgan fingerprint density at radius 3 is 2.71 bits per heavy atom. The van der Waals surface area contributed by atoms with Gasteiger partial charge in [-0.1, -0.05) is 12.1 Å². The fraction of sp³-hybridized carbons (Fsp3) is 0.375. The molecule has 0 radical (unpaired) electrons. The molecule has 0 aliphatic rings. The molecule has 5 nitrogen and oxygen atoms in total. The fourth-order valence-electron chi connectivity index (χ4n) is 2.31. The lowest BCUT2D eigenvalue weighted by atomic mass is 9.99. The number of carbonyl (C=O) groups excluding carboxylic acids is 1. The summed E-state index contributed by atoms with van der Waals surface area (Å²) in [6.45, 7) is 8.22. The number of hydrogen-bond acceptors (Lipinski definition) is 4. The van der Waals surface area contributed by atoms with Crippen LogP contribution in [0.15, 0.2) is 27.1 Å². The highest BCUT2D eigenvalue weighted by molar-refractivity contribution is 5.91. The summed E-state index contributed by atoms with van der Waals surface area (Å²) < 4.78 is 10.5. The van der Waals surface area contributed by atoms with Gasteiger partial charge in [0.2, 0.25) is 5.91 Å². The molecule has 2 aromatic heterocycles. The van der Waals surface area contributed by atoms with Crippen LogP contribution in [-0.2, 0) is 4.79 Å². The highest BCUT2D eigenvalue weighted by atomic mass is 16.5. The number of nitrogens with one attached hydrogen (secondary N) is 1. The summed E-state index contributed by atoms with van der Waals surface area (Å²) in [6.07, 6.45) is 3.13. The van der Waals surface area contributed by atoms with Gasteiger partial charge in [0, 0.05) is 24.1 Å². The lowest BCUT2D eigenvalue weighted by Crippen LogP contribution is -2.26. The largest absolute Gasteiger partial charge is 0.462 e. The zero-order chi connectivity index (χ0) is 15.4. The van der Waals surface area contributed by atoms with Crippen LogP contribution in [-0.4, -0.2) is 17.6 Å². The van der Waals surface area contributed by atoms with E-state index in [0.717, 1.165) is 22.8 Å². The molecule has 2 heterocycles. The van der Waals surface area contributed by atoms with Crippen molar-refractivity contribution in [2.45, 2.75) is 33.6 Å². The molecule has 1 unspecified atom stereocenters. The Morgan fingerprint density at radius 2 is 2.14 bits per heavy atom. The first-order valence-corrected chi connectivity index (χ1v) is 6.92. The summed E-state index contributed by atoms with van der Waals surface area (Å²) in [5, 5.41) is 6.79. The smallest absolute Gasteiger partial charge is 0.244 e. The maximum absolute atomic E-state index is 11.8. The van der Waals surface area contributed by atoms with Crippen LogP contribution >= 0.6 is 0 Å². The first-order chi connectivity index (χ1) is 9.97. The molecule has 0 bridgehead atoms. The number of aromatic nitrogens is 1. The van der Waals surface area contributed by atoms with E-state index in [0.29, 0.717) is 12.3 Å². The Labute approximate surface area is 124 Å². The number of furan rings is 1. The maximum atomic E-state index is 11.8. The molecular weight excluding hydrogens is 268 g/mol. The summed E-state index contributed by atoms with van der Waals surface area (Å²) in [7, 11) is 0. The second kappa shape index (κ2) is 6.43. The van der Waals surface area contributed by atoms with Crippen LogP contribution < -0.4 is 5.32 Å². The van der Waals surface area contributed by atoms with E-state index in [1.807, 2.05) is 39.8 Å². The average Bonchev–Trinajstić information content (AvgIpc) is 3.00. The molecule has 0 fully saturated rings. The van der Waals surface area contributed by atoms with Crippen LogP contribution in [0.25, 0.3) is 6.08 Å². The SMILES string of the molecule is Cc1ccc(C=CC(=O)NCC(C)c2c(C)noc2C)o1. The highest BCUT2D eigenvalue weighted by Crippen LogP contribution is 2.22. The Kier molecular flexibility index (Phi) is 4.62. The number of rotatable bonds is 5. The highest BCUT2D eigenvalue weighted by Gasteiger charge is 2.16. The molecule has 2 rings (SSSR count). The van der Waals surface area contributed by atoms with Crippen molar-refractivity contribution in [2.24, 2.45) is 0 Å². The van der Waals surface area contributed by atoms with Crippen LogP contribution in [0, 0.1) is 20.8 Å². The molecule has 1 N–H and O–H groups in total. The molecular formula is C16H20N2O3. The number of hydrogen-bond donors (Lipinski definition) is 1. The summed E-state index contributed by atoms with van der Waals surface area (Å²) in [4.78, 5) is 11.8. The quantitative estimate of drug-likeness (QED) is 0.858. The Balaban J connectivity index is 1.88. The van der Waals surface area contributed by atoms with Gasteiger partial charge in [0.1, 0.15) is 17.3 Å². The number of nitrogens with zero attached hydrogens (tertiary/aromatic N) is 1. The van der Waals surface area contributed by atoms with Gasteiger partial charge in [0.25, 0.3) is 0 Å². The van der Waals surface area contributed by atoms with Crippen molar-refractivity contribution in [3.8, 4) is 0 Å². The second-order valence-electron chi connectivity index (χ2n) is 5.17. The minimum Gasteiger partial charge on any atom is -0.462 e. The van der Waals surface area contributed by atoms with Gasteiger partial charge in [-0.15, -0.1) is 0 Å². The molecule has 0 saturated carbocycles. The first kappa shape index (κ1) is 15.1. The first-order valence-electron chi connectivity index (χ1n) is 6.92. The lowest BCUT2D eigenvalue weighted by molar-refractivity contribution is -0.116. The van der Waals surface area contributed by atoms with E-state index in [2.05, 4.69) is 10.5 Å². The van der Waals surface area contributed by atoms with Gasteiger partial charge in [0.15, 0.2) is 0 Å². The van der Waals surface area contributed by atoms with Crippen molar-refractivity contribution in [1.82, 2.24) is 10.5 Å². The van der Waals surface area contributed by atoms with Crippen LogP contribution in [0.4, 0.5) is 0 Å².